The number of benzene rings is 3. The van der Waals surface area contributed by atoms with Gasteiger partial charge in [0.15, 0.2) is 0 Å². The van der Waals surface area contributed by atoms with Crippen LogP contribution in [-0.2, 0) is 25.7 Å². The van der Waals surface area contributed by atoms with Crippen LogP contribution in [0.25, 0.3) is 0 Å². The van der Waals surface area contributed by atoms with Crippen LogP contribution in [0.5, 0.6) is 5.75 Å². The molecular weight excluding hydrogens is 482 g/mol. The van der Waals surface area contributed by atoms with Crippen molar-refractivity contribution >= 4 is 18.0 Å². The van der Waals surface area contributed by atoms with Crippen molar-refractivity contribution in [3.8, 4) is 5.75 Å². The van der Waals surface area contributed by atoms with Crippen molar-refractivity contribution in [3.05, 3.63) is 102 Å². The van der Waals surface area contributed by atoms with Crippen molar-refractivity contribution in [1.29, 1.82) is 0 Å². The van der Waals surface area contributed by atoms with E-state index < -0.39 is 41.6 Å². The number of imide groups is 1. The Balaban J connectivity index is 1.56. The highest BCUT2D eigenvalue weighted by molar-refractivity contribution is 5.99. The monoisotopic (exact) mass is 515 g/mol. The molecule has 0 aliphatic carbocycles. The van der Waals surface area contributed by atoms with Crippen LogP contribution >= 0.6 is 0 Å². The molecule has 2 amide bonds. The highest BCUT2D eigenvalue weighted by Gasteiger charge is 2.46. The minimum absolute atomic E-state index is 0.215. The summed E-state index contributed by atoms with van der Waals surface area (Å²) in [5.41, 5.74) is 1.70. The Kier molecular flexibility index (Phi) is 8.15. The maximum Gasteiger partial charge on any atom is 0.417 e. The van der Waals surface area contributed by atoms with Gasteiger partial charge in [-0.2, -0.15) is 0 Å². The maximum atomic E-state index is 13.8. The Morgan fingerprint density at radius 1 is 0.921 bits per heavy atom. The number of carbonyl (C=O) groups excluding carboxylic acids is 3. The number of hydrogen-bond acceptors (Lipinski definition) is 6. The van der Waals surface area contributed by atoms with E-state index in [1.54, 1.807) is 52.0 Å². The third-order valence-electron chi connectivity index (χ3n) is 6.26. The summed E-state index contributed by atoms with van der Waals surface area (Å²) in [6.45, 7) is 7.48. The lowest BCUT2D eigenvalue weighted by Gasteiger charge is -2.26. The van der Waals surface area contributed by atoms with E-state index in [0.29, 0.717) is 17.9 Å². The predicted molar refractivity (Wildman–Crippen MR) is 142 cm³/mol. The minimum atomic E-state index is -0.933. The Hall–Kier alpha value is -4.13. The summed E-state index contributed by atoms with van der Waals surface area (Å²) in [4.78, 5) is 40.6. The van der Waals surface area contributed by atoms with Crippen LogP contribution in [0.1, 0.15) is 62.8 Å². The van der Waals surface area contributed by atoms with Gasteiger partial charge in [0.05, 0.1) is 18.4 Å². The van der Waals surface area contributed by atoms with Gasteiger partial charge in [0.25, 0.3) is 0 Å². The standard InChI is InChI=1S/C31H33NO6/c1-21-28(24-13-9-6-10-14-24)37-30(35)32(21)29(34)26(19-27(33)38-31(2,3)4)23-15-17-25(18-16-23)36-20-22-11-7-5-8-12-22/h5-18,21,26,28H,19-20H2,1-4H3/t21-,26-,28-/m0/s1. The predicted octanol–water partition coefficient (Wildman–Crippen LogP) is 6.19. The van der Waals surface area contributed by atoms with Gasteiger partial charge in [0.1, 0.15) is 24.1 Å². The first-order valence-corrected chi connectivity index (χ1v) is 12.7. The molecule has 38 heavy (non-hydrogen) atoms. The fourth-order valence-electron chi connectivity index (χ4n) is 4.45. The third kappa shape index (κ3) is 6.59. The topological polar surface area (TPSA) is 82.1 Å². The highest BCUT2D eigenvalue weighted by Crippen LogP contribution is 2.36. The molecule has 0 bridgehead atoms. The van der Waals surface area contributed by atoms with E-state index in [4.69, 9.17) is 14.2 Å². The Morgan fingerprint density at radius 2 is 1.53 bits per heavy atom. The van der Waals surface area contributed by atoms with E-state index in [9.17, 15) is 14.4 Å². The molecule has 3 atom stereocenters. The molecular formula is C31H33NO6. The number of amides is 2. The number of nitrogens with zero attached hydrogens (tertiary/aromatic N) is 1. The van der Waals surface area contributed by atoms with Gasteiger partial charge in [0, 0.05) is 0 Å². The molecule has 0 unspecified atom stereocenters. The van der Waals surface area contributed by atoms with E-state index in [1.807, 2.05) is 60.7 Å². The van der Waals surface area contributed by atoms with Crippen LogP contribution in [-0.4, -0.2) is 34.5 Å². The van der Waals surface area contributed by atoms with Crippen LogP contribution in [0.15, 0.2) is 84.9 Å². The lowest BCUT2D eigenvalue weighted by molar-refractivity contribution is -0.157. The van der Waals surface area contributed by atoms with Crippen LogP contribution < -0.4 is 4.74 Å². The summed E-state index contributed by atoms with van der Waals surface area (Å²) >= 11 is 0. The van der Waals surface area contributed by atoms with E-state index in [1.165, 1.54) is 0 Å². The second kappa shape index (κ2) is 11.5. The summed E-state index contributed by atoms with van der Waals surface area (Å²) in [6.07, 6.45) is -1.54. The summed E-state index contributed by atoms with van der Waals surface area (Å²) in [5, 5.41) is 0. The largest absolute Gasteiger partial charge is 0.489 e. The van der Waals surface area contributed by atoms with E-state index >= 15 is 0 Å². The van der Waals surface area contributed by atoms with Crippen LogP contribution in [0.4, 0.5) is 4.79 Å². The van der Waals surface area contributed by atoms with E-state index in [0.717, 1.165) is 16.0 Å². The van der Waals surface area contributed by atoms with Crippen molar-refractivity contribution in [2.75, 3.05) is 0 Å². The smallest absolute Gasteiger partial charge is 0.417 e. The lowest BCUT2D eigenvalue weighted by Crippen LogP contribution is -2.41. The van der Waals surface area contributed by atoms with Gasteiger partial charge >= 0.3 is 12.1 Å². The first-order chi connectivity index (χ1) is 18.1. The minimum Gasteiger partial charge on any atom is -0.489 e. The summed E-state index contributed by atoms with van der Waals surface area (Å²) in [7, 11) is 0. The summed E-state index contributed by atoms with van der Waals surface area (Å²) in [6, 6.07) is 25.5. The molecule has 1 saturated heterocycles. The molecule has 0 aromatic heterocycles. The molecule has 1 aliphatic heterocycles. The molecule has 7 nitrogen and oxygen atoms in total. The Labute approximate surface area is 223 Å². The number of cyclic esters (lactones) is 1. The van der Waals surface area contributed by atoms with Gasteiger partial charge < -0.3 is 14.2 Å². The van der Waals surface area contributed by atoms with Crippen LogP contribution in [0.3, 0.4) is 0 Å². The number of rotatable bonds is 8. The number of ether oxygens (including phenoxy) is 3. The summed E-state index contributed by atoms with van der Waals surface area (Å²) < 4.78 is 17.0. The first-order valence-electron chi connectivity index (χ1n) is 12.7. The Morgan fingerprint density at radius 3 is 2.13 bits per heavy atom. The average Bonchev–Trinajstić information content (AvgIpc) is 3.19. The van der Waals surface area contributed by atoms with Crippen molar-refractivity contribution in [3.63, 3.8) is 0 Å². The van der Waals surface area contributed by atoms with E-state index in [2.05, 4.69) is 0 Å². The quantitative estimate of drug-likeness (QED) is 0.333. The van der Waals surface area contributed by atoms with Crippen molar-refractivity contribution in [2.45, 2.75) is 64.4 Å². The number of carbonyl (C=O) groups is 3. The fraction of sp³-hybridized carbons (Fsp3) is 0.323. The number of hydrogen-bond donors (Lipinski definition) is 0. The summed E-state index contributed by atoms with van der Waals surface area (Å²) in [5.74, 6) is -1.35. The molecule has 3 aromatic carbocycles. The maximum absolute atomic E-state index is 13.8. The fourth-order valence-corrected chi connectivity index (χ4v) is 4.45. The highest BCUT2D eigenvalue weighted by atomic mass is 16.6. The second-order valence-corrected chi connectivity index (χ2v) is 10.4. The van der Waals surface area contributed by atoms with Crippen molar-refractivity contribution < 1.29 is 28.6 Å². The van der Waals surface area contributed by atoms with Gasteiger partial charge in [-0.25, -0.2) is 9.69 Å². The molecule has 0 spiro atoms. The van der Waals surface area contributed by atoms with Crippen LogP contribution in [0, 0.1) is 0 Å². The molecule has 198 valence electrons. The lowest BCUT2D eigenvalue weighted by atomic mass is 9.93. The molecule has 0 saturated carbocycles. The molecule has 3 aromatic rings. The SMILES string of the molecule is C[C@H]1[C@@H](c2ccccc2)OC(=O)N1C(=O)[C@@H](CC(=O)OC(C)(C)C)c1ccc(OCc2ccccc2)cc1. The van der Waals surface area contributed by atoms with Gasteiger partial charge in [-0.05, 0) is 56.5 Å². The zero-order chi connectivity index (χ0) is 27.3. The normalized spacial score (nSPS) is 18.0. The van der Waals surface area contributed by atoms with Gasteiger partial charge in [-0.1, -0.05) is 72.8 Å². The van der Waals surface area contributed by atoms with Gasteiger partial charge in [-0.3, -0.25) is 9.59 Å². The average molecular weight is 516 g/mol. The van der Waals surface area contributed by atoms with Crippen molar-refractivity contribution in [1.82, 2.24) is 4.90 Å². The second-order valence-electron chi connectivity index (χ2n) is 10.4. The molecule has 7 heteroatoms. The van der Waals surface area contributed by atoms with Gasteiger partial charge in [-0.15, -0.1) is 0 Å². The van der Waals surface area contributed by atoms with Crippen LogP contribution in [0.2, 0.25) is 0 Å². The van der Waals surface area contributed by atoms with Crippen molar-refractivity contribution in [2.24, 2.45) is 0 Å². The zero-order valence-corrected chi connectivity index (χ0v) is 22.1. The number of esters is 1. The molecule has 0 radical (unpaired) electrons. The van der Waals surface area contributed by atoms with Gasteiger partial charge in [0.2, 0.25) is 5.91 Å². The molecule has 1 fully saturated rings. The molecule has 1 heterocycles. The zero-order valence-electron chi connectivity index (χ0n) is 22.1. The molecule has 1 aliphatic rings. The Bertz CT molecular complexity index is 1250. The first kappa shape index (κ1) is 26.9. The van der Waals surface area contributed by atoms with E-state index in [-0.39, 0.29) is 6.42 Å². The molecule has 4 rings (SSSR count). The third-order valence-corrected chi connectivity index (χ3v) is 6.26. The molecule has 0 N–H and O–H groups in total.